The fourth-order valence-electron chi connectivity index (χ4n) is 5.77. The van der Waals surface area contributed by atoms with Gasteiger partial charge in [0, 0.05) is 47.1 Å². The van der Waals surface area contributed by atoms with Gasteiger partial charge in [-0.15, -0.1) is 11.8 Å². The Bertz CT molecular complexity index is 1690. The summed E-state index contributed by atoms with van der Waals surface area (Å²) in [7, 11) is 2.80. The number of allylic oxidation sites excluding steroid dienone is 1. The molecule has 13 heteroatoms. The molecule has 1 aliphatic heterocycles. The lowest BCUT2D eigenvalue weighted by molar-refractivity contribution is -0.122. The molecular formula is C32H34ClN3O8S. The maximum Gasteiger partial charge on any atom is 0.246 e. The van der Waals surface area contributed by atoms with Crippen LogP contribution in [0.2, 0.25) is 5.02 Å². The molecule has 0 bridgehead atoms. The van der Waals surface area contributed by atoms with E-state index in [2.05, 4.69) is 15.5 Å². The molecule has 0 saturated heterocycles. The lowest BCUT2D eigenvalue weighted by atomic mass is 9.69. The minimum absolute atomic E-state index is 0.0103. The number of methoxy groups -OCH3 is 2. The first-order valence-electron chi connectivity index (χ1n) is 14.3. The maximum atomic E-state index is 14.2. The molecule has 45 heavy (non-hydrogen) atoms. The minimum Gasteiger partial charge on any atom is -0.507 e. The van der Waals surface area contributed by atoms with Crippen molar-refractivity contribution in [3.63, 3.8) is 0 Å². The van der Waals surface area contributed by atoms with E-state index in [4.69, 9.17) is 30.3 Å². The molecule has 0 saturated carbocycles. The largest absolute Gasteiger partial charge is 0.507 e. The third-order valence-electron chi connectivity index (χ3n) is 8.20. The van der Waals surface area contributed by atoms with Gasteiger partial charge in [0.05, 0.1) is 20.8 Å². The summed E-state index contributed by atoms with van der Waals surface area (Å²) in [5, 5.41) is 18.7. The zero-order valence-corrected chi connectivity index (χ0v) is 27.3. The number of hydrogen-bond acceptors (Lipinski definition) is 11. The highest BCUT2D eigenvalue weighted by Gasteiger charge is 2.61. The van der Waals surface area contributed by atoms with E-state index in [-0.39, 0.29) is 64.6 Å². The van der Waals surface area contributed by atoms with Gasteiger partial charge in [0.2, 0.25) is 23.2 Å². The molecule has 3 aromatic rings. The van der Waals surface area contributed by atoms with Crippen LogP contribution in [-0.2, 0) is 16.1 Å². The molecule has 2 heterocycles. The molecule has 3 unspecified atom stereocenters. The van der Waals surface area contributed by atoms with Crippen molar-refractivity contribution in [1.29, 1.82) is 0 Å². The summed E-state index contributed by atoms with van der Waals surface area (Å²) in [5.74, 6) is -2.54. The Labute approximate surface area is 269 Å². The Morgan fingerprint density at radius 2 is 1.89 bits per heavy atom. The highest BCUT2D eigenvalue weighted by molar-refractivity contribution is 7.98. The molecule has 0 fully saturated rings. The van der Waals surface area contributed by atoms with Crippen LogP contribution in [0.15, 0.2) is 51.1 Å². The van der Waals surface area contributed by atoms with Crippen LogP contribution in [0.5, 0.6) is 17.2 Å². The molecule has 2 N–H and O–H groups in total. The second kappa shape index (κ2) is 12.8. The van der Waals surface area contributed by atoms with E-state index in [1.54, 1.807) is 19.1 Å². The van der Waals surface area contributed by atoms with E-state index < -0.39 is 40.7 Å². The summed E-state index contributed by atoms with van der Waals surface area (Å²) < 4.78 is 22.3. The summed E-state index contributed by atoms with van der Waals surface area (Å²) in [6.45, 7) is 5.48. The predicted molar refractivity (Wildman–Crippen MR) is 167 cm³/mol. The van der Waals surface area contributed by atoms with Gasteiger partial charge in [0.1, 0.15) is 22.1 Å². The molecule has 3 atom stereocenters. The van der Waals surface area contributed by atoms with Crippen molar-refractivity contribution in [2.45, 2.75) is 62.5 Å². The molecule has 11 nitrogen and oxygen atoms in total. The summed E-state index contributed by atoms with van der Waals surface area (Å²) in [5.41, 5.74) is -1.42. The van der Waals surface area contributed by atoms with Gasteiger partial charge in [0.25, 0.3) is 0 Å². The Morgan fingerprint density at radius 1 is 1.20 bits per heavy atom. The van der Waals surface area contributed by atoms with Crippen LogP contribution in [0.3, 0.4) is 0 Å². The molecule has 1 aliphatic carbocycles. The van der Waals surface area contributed by atoms with Gasteiger partial charge >= 0.3 is 0 Å². The summed E-state index contributed by atoms with van der Waals surface area (Å²) >= 11 is 8.11. The third kappa shape index (κ3) is 5.65. The van der Waals surface area contributed by atoms with Crippen LogP contribution >= 0.6 is 23.4 Å². The topological polar surface area (TPSA) is 150 Å². The molecule has 238 valence electrons. The Morgan fingerprint density at radius 3 is 2.49 bits per heavy atom. The van der Waals surface area contributed by atoms with Crippen LogP contribution in [-0.4, -0.2) is 58.8 Å². The number of fused-ring (bicyclic) bond motifs is 1. The summed E-state index contributed by atoms with van der Waals surface area (Å²) in [6, 6.07) is 8.79. The van der Waals surface area contributed by atoms with Crippen molar-refractivity contribution < 1.29 is 38.2 Å². The van der Waals surface area contributed by atoms with Crippen molar-refractivity contribution in [2.24, 2.45) is 5.92 Å². The van der Waals surface area contributed by atoms with Crippen LogP contribution < -0.4 is 19.5 Å². The second-order valence-electron chi connectivity index (χ2n) is 11.3. The molecule has 0 radical (unpaired) electrons. The number of aliphatic hydroxyl groups is 1. The van der Waals surface area contributed by atoms with Gasteiger partial charge in [-0.2, -0.15) is 4.98 Å². The van der Waals surface area contributed by atoms with Crippen LogP contribution in [0.4, 0.5) is 0 Å². The second-order valence-corrected chi connectivity index (χ2v) is 12.5. The molecule has 5 rings (SSSR count). The molecule has 1 spiro atoms. The maximum absolute atomic E-state index is 14.2. The number of hydrogen-bond donors (Lipinski definition) is 2. The number of benzene rings is 2. The molecule has 2 aromatic carbocycles. The van der Waals surface area contributed by atoms with Crippen molar-refractivity contribution in [2.75, 3.05) is 20.5 Å². The quantitative estimate of drug-likeness (QED) is 0.255. The summed E-state index contributed by atoms with van der Waals surface area (Å²) in [4.78, 5) is 46.6. The highest BCUT2D eigenvalue weighted by atomic mass is 35.5. The third-order valence-corrected chi connectivity index (χ3v) is 9.31. The van der Waals surface area contributed by atoms with Crippen molar-refractivity contribution in [3.8, 4) is 17.2 Å². The molecular weight excluding hydrogens is 622 g/mol. The van der Waals surface area contributed by atoms with Gasteiger partial charge < -0.3 is 29.2 Å². The zero-order valence-electron chi connectivity index (χ0n) is 25.7. The van der Waals surface area contributed by atoms with E-state index in [0.29, 0.717) is 11.4 Å². The monoisotopic (exact) mass is 655 g/mol. The fraction of sp³-hybridized carbons (Fsp3) is 0.406. The highest BCUT2D eigenvalue weighted by Crippen LogP contribution is 2.55. The van der Waals surface area contributed by atoms with E-state index in [9.17, 15) is 19.5 Å². The number of aromatic nitrogens is 2. The number of Topliss-reactive ketones (excluding diaryl/α,β-unsaturated/α-hetero) is 2. The number of halogens is 1. The fourth-order valence-corrected chi connectivity index (χ4v) is 6.44. The van der Waals surface area contributed by atoms with Gasteiger partial charge in [-0.1, -0.05) is 49.7 Å². The van der Waals surface area contributed by atoms with Crippen LogP contribution in [0, 0.1) is 5.92 Å². The Balaban J connectivity index is 1.57. The SMILES string of the molecule is COc1cc(OC)c2c(c1Cl)OC1(C2=O)C(O)=C(C(CC(=O)NCc2nc(C(C)C)no2)c2ccc(SC)cc2)C(=O)CC1C. The van der Waals surface area contributed by atoms with Crippen LogP contribution in [0.1, 0.15) is 73.1 Å². The molecule has 1 amide bonds. The Hall–Kier alpha value is -4.03. The number of carbonyl (C=O) groups excluding carboxylic acids is 3. The number of ketones is 2. The predicted octanol–water partition coefficient (Wildman–Crippen LogP) is 5.81. The van der Waals surface area contributed by atoms with Crippen molar-refractivity contribution in [3.05, 3.63) is 69.5 Å². The van der Waals surface area contributed by atoms with Crippen LogP contribution in [0.25, 0.3) is 0 Å². The number of nitrogens with one attached hydrogen (secondary N) is 1. The Kier molecular flexibility index (Phi) is 9.18. The average Bonchev–Trinajstić information content (AvgIpc) is 3.63. The number of carbonyl (C=O) groups is 3. The standard InChI is InChI=1S/C32H34ClN3O8S/c1-15(2)31-35-24(44-36-31)14-34-23(38)12-19(17-7-9-18(45-6)10-8-17)25-20(37)11-16(3)32(29(25)39)30(40)26-21(41-4)13-22(42-5)27(33)28(26)43-32/h7-10,13,15-16,19,39H,11-12,14H2,1-6H3,(H,34,38). The van der Waals surface area contributed by atoms with Gasteiger partial charge in [-0.05, 0) is 24.0 Å². The first-order valence-corrected chi connectivity index (χ1v) is 15.9. The average molecular weight is 656 g/mol. The number of aliphatic hydroxyl groups excluding tert-OH is 1. The lowest BCUT2D eigenvalue weighted by Gasteiger charge is -2.38. The van der Waals surface area contributed by atoms with E-state index in [1.807, 2.05) is 32.2 Å². The number of rotatable bonds is 10. The van der Waals surface area contributed by atoms with Crippen molar-refractivity contribution in [1.82, 2.24) is 15.5 Å². The van der Waals surface area contributed by atoms with E-state index >= 15 is 0 Å². The number of nitrogens with zero attached hydrogens (tertiary/aromatic N) is 2. The minimum atomic E-state index is -1.97. The molecule has 2 aliphatic rings. The van der Waals surface area contributed by atoms with Gasteiger partial charge in [-0.25, -0.2) is 0 Å². The normalized spacial score (nSPS) is 20.0. The van der Waals surface area contributed by atoms with Crippen molar-refractivity contribution >= 4 is 40.8 Å². The van der Waals surface area contributed by atoms with Gasteiger partial charge in [-0.3, -0.25) is 14.4 Å². The van der Waals surface area contributed by atoms with E-state index in [1.165, 1.54) is 32.0 Å². The van der Waals surface area contributed by atoms with E-state index in [0.717, 1.165) is 4.90 Å². The zero-order chi connectivity index (χ0) is 32.6. The first-order chi connectivity index (χ1) is 21.5. The van der Waals surface area contributed by atoms with Gasteiger partial charge in [0.15, 0.2) is 23.1 Å². The number of thioether (sulfide) groups is 1. The number of amides is 1. The number of ether oxygens (including phenoxy) is 3. The summed E-state index contributed by atoms with van der Waals surface area (Å²) in [6.07, 6.45) is 1.58. The smallest absolute Gasteiger partial charge is 0.246 e. The molecule has 1 aromatic heterocycles. The first kappa shape index (κ1) is 32.4. The lowest BCUT2D eigenvalue weighted by Crippen LogP contribution is -2.53.